The van der Waals surface area contributed by atoms with Gasteiger partial charge in [-0.25, -0.2) is 0 Å². The third kappa shape index (κ3) is 3.09. The fraction of sp³-hybridized carbons (Fsp3) is 0.308. The van der Waals surface area contributed by atoms with Crippen molar-refractivity contribution < 1.29 is 0 Å². The van der Waals surface area contributed by atoms with Crippen LogP contribution in [0.15, 0.2) is 18.2 Å². The van der Waals surface area contributed by atoms with Crippen LogP contribution in [0.4, 0.5) is 23.5 Å². The van der Waals surface area contributed by atoms with Gasteiger partial charge in [0, 0.05) is 19.8 Å². The second kappa shape index (κ2) is 5.51. The molecule has 0 saturated carbocycles. The van der Waals surface area contributed by atoms with Gasteiger partial charge in [-0.05, 0) is 37.1 Å². The predicted molar refractivity (Wildman–Crippen MR) is 78.1 cm³/mol. The van der Waals surface area contributed by atoms with Crippen molar-refractivity contribution in [2.45, 2.75) is 13.8 Å². The average Bonchev–Trinajstić information content (AvgIpc) is 2.42. The second-order valence-corrected chi connectivity index (χ2v) is 4.23. The average molecular weight is 258 g/mol. The zero-order valence-electron chi connectivity index (χ0n) is 11.6. The van der Waals surface area contributed by atoms with Crippen LogP contribution in [0.2, 0.25) is 0 Å². The monoisotopic (exact) mass is 258 g/mol. The van der Waals surface area contributed by atoms with Crippen molar-refractivity contribution in [3.05, 3.63) is 29.3 Å². The summed E-state index contributed by atoms with van der Waals surface area (Å²) in [5, 5.41) is 8.99. The molecule has 1 heterocycles. The molecular formula is C13H18N6. The number of anilines is 4. The molecule has 6 heteroatoms. The Hall–Kier alpha value is -2.37. The fourth-order valence-electron chi connectivity index (χ4n) is 1.60. The van der Waals surface area contributed by atoms with E-state index in [1.54, 1.807) is 14.1 Å². The number of rotatable bonds is 4. The molecule has 1 aromatic carbocycles. The molecule has 0 radical (unpaired) electrons. The Morgan fingerprint density at radius 2 is 1.37 bits per heavy atom. The first kappa shape index (κ1) is 13.1. The van der Waals surface area contributed by atoms with Crippen LogP contribution in [0.1, 0.15) is 11.1 Å². The summed E-state index contributed by atoms with van der Waals surface area (Å²) in [5.74, 6) is 1.54. The largest absolute Gasteiger partial charge is 0.357 e. The van der Waals surface area contributed by atoms with Crippen molar-refractivity contribution >= 4 is 23.5 Å². The molecule has 0 saturated heterocycles. The lowest BCUT2D eigenvalue weighted by atomic mass is 10.1. The highest BCUT2D eigenvalue weighted by Gasteiger charge is 2.05. The summed E-state index contributed by atoms with van der Waals surface area (Å²) in [6.07, 6.45) is 0. The SMILES string of the molecule is CNc1nc(NC)nc(Nc2ccc(C)c(C)c2)n1. The summed E-state index contributed by atoms with van der Waals surface area (Å²) >= 11 is 0. The Balaban J connectivity index is 2.29. The van der Waals surface area contributed by atoms with Gasteiger partial charge >= 0.3 is 0 Å². The number of benzene rings is 1. The van der Waals surface area contributed by atoms with Crippen molar-refractivity contribution in [1.29, 1.82) is 0 Å². The molecule has 6 nitrogen and oxygen atoms in total. The van der Waals surface area contributed by atoms with Crippen LogP contribution < -0.4 is 16.0 Å². The highest BCUT2D eigenvalue weighted by molar-refractivity contribution is 5.57. The van der Waals surface area contributed by atoms with Crippen molar-refractivity contribution in [1.82, 2.24) is 15.0 Å². The van der Waals surface area contributed by atoms with E-state index in [9.17, 15) is 0 Å². The second-order valence-electron chi connectivity index (χ2n) is 4.23. The van der Waals surface area contributed by atoms with Gasteiger partial charge in [-0.3, -0.25) is 0 Å². The first-order valence-electron chi connectivity index (χ1n) is 6.08. The van der Waals surface area contributed by atoms with Crippen molar-refractivity contribution in [3.8, 4) is 0 Å². The van der Waals surface area contributed by atoms with Crippen LogP contribution in [-0.4, -0.2) is 29.0 Å². The van der Waals surface area contributed by atoms with E-state index in [4.69, 9.17) is 0 Å². The third-order valence-corrected chi connectivity index (χ3v) is 2.85. The van der Waals surface area contributed by atoms with Gasteiger partial charge in [-0.1, -0.05) is 6.07 Å². The smallest absolute Gasteiger partial charge is 0.233 e. The van der Waals surface area contributed by atoms with Gasteiger partial charge < -0.3 is 16.0 Å². The van der Waals surface area contributed by atoms with Crippen LogP contribution in [0, 0.1) is 13.8 Å². The van der Waals surface area contributed by atoms with Gasteiger partial charge in [0.1, 0.15) is 0 Å². The lowest BCUT2D eigenvalue weighted by molar-refractivity contribution is 1.05. The summed E-state index contributed by atoms with van der Waals surface area (Å²) in [4.78, 5) is 12.7. The molecular weight excluding hydrogens is 240 g/mol. The summed E-state index contributed by atoms with van der Waals surface area (Å²) < 4.78 is 0. The summed E-state index contributed by atoms with van der Waals surface area (Å²) in [5.41, 5.74) is 3.44. The molecule has 0 spiro atoms. The minimum absolute atomic E-state index is 0.506. The standard InChI is InChI=1S/C13H18N6/c1-8-5-6-10(7-9(8)2)16-13-18-11(14-3)17-12(15-4)19-13/h5-7H,1-4H3,(H3,14,15,16,17,18,19). The topological polar surface area (TPSA) is 74.8 Å². The number of nitrogens with one attached hydrogen (secondary N) is 3. The molecule has 1 aromatic heterocycles. The van der Waals surface area contributed by atoms with E-state index in [-0.39, 0.29) is 0 Å². The maximum absolute atomic E-state index is 4.26. The van der Waals surface area contributed by atoms with Gasteiger partial charge in [0.2, 0.25) is 17.8 Å². The van der Waals surface area contributed by atoms with Gasteiger partial charge in [0.05, 0.1) is 0 Å². The highest BCUT2D eigenvalue weighted by atomic mass is 15.3. The molecule has 0 atom stereocenters. The van der Waals surface area contributed by atoms with Crippen molar-refractivity contribution in [2.75, 3.05) is 30.0 Å². The first-order valence-corrected chi connectivity index (χ1v) is 6.08. The van der Waals surface area contributed by atoms with Crippen molar-refractivity contribution in [2.24, 2.45) is 0 Å². The Bertz CT molecular complexity index is 559. The number of hydrogen-bond donors (Lipinski definition) is 3. The molecule has 0 aliphatic rings. The molecule has 0 unspecified atom stereocenters. The van der Waals surface area contributed by atoms with E-state index in [2.05, 4.69) is 56.9 Å². The maximum Gasteiger partial charge on any atom is 0.233 e. The lowest BCUT2D eigenvalue weighted by Gasteiger charge is -2.09. The van der Waals surface area contributed by atoms with Gasteiger partial charge in [0.25, 0.3) is 0 Å². The van der Waals surface area contributed by atoms with E-state index < -0.39 is 0 Å². The predicted octanol–water partition coefficient (Wildman–Crippen LogP) is 2.32. The van der Waals surface area contributed by atoms with E-state index >= 15 is 0 Å². The van der Waals surface area contributed by atoms with Crippen LogP contribution in [0.3, 0.4) is 0 Å². The fourth-order valence-corrected chi connectivity index (χ4v) is 1.60. The molecule has 0 aliphatic heterocycles. The molecule has 0 fully saturated rings. The zero-order chi connectivity index (χ0) is 13.8. The molecule has 2 aromatic rings. The quantitative estimate of drug-likeness (QED) is 0.781. The summed E-state index contributed by atoms with van der Waals surface area (Å²) in [6.45, 7) is 4.16. The first-order chi connectivity index (χ1) is 9.12. The molecule has 0 amide bonds. The van der Waals surface area contributed by atoms with E-state index in [1.165, 1.54) is 11.1 Å². The normalized spacial score (nSPS) is 10.1. The van der Waals surface area contributed by atoms with Crippen LogP contribution in [0.25, 0.3) is 0 Å². The van der Waals surface area contributed by atoms with Gasteiger partial charge in [0.15, 0.2) is 0 Å². The van der Waals surface area contributed by atoms with Gasteiger partial charge in [-0.2, -0.15) is 15.0 Å². The number of nitrogens with zero attached hydrogens (tertiary/aromatic N) is 3. The molecule has 2 rings (SSSR count). The van der Waals surface area contributed by atoms with E-state index in [1.807, 2.05) is 6.07 Å². The molecule has 0 aliphatic carbocycles. The van der Waals surface area contributed by atoms with Crippen LogP contribution >= 0.6 is 0 Å². The molecule has 19 heavy (non-hydrogen) atoms. The Morgan fingerprint density at radius 3 is 1.89 bits per heavy atom. The molecule has 0 bridgehead atoms. The van der Waals surface area contributed by atoms with Gasteiger partial charge in [-0.15, -0.1) is 0 Å². The molecule has 100 valence electrons. The van der Waals surface area contributed by atoms with Crippen LogP contribution in [-0.2, 0) is 0 Å². The zero-order valence-corrected chi connectivity index (χ0v) is 11.6. The number of hydrogen-bond acceptors (Lipinski definition) is 6. The summed E-state index contributed by atoms with van der Waals surface area (Å²) in [6, 6.07) is 6.14. The number of aryl methyl sites for hydroxylation is 2. The summed E-state index contributed by atoms with van der Waals surface area (Å²) in [7, 11) is 3.54. The van der Waals surface area contributed by atoms with Crippen LogP contribution in [0.5, 0.6) is 0 Å². The maximum atomic E-state index is 4.26. The lowest BCUT2D eigenvalue weighted by Crippen LogP contribution is -2.07. The highest BCUT2D eigenvalue weighted by Crippen LogP contribution is 2.18. The minimum Gasteiger partial charge on any atom is -0.357 e. The Kier molecular flexibility index (Phi) is 3.79. The van der Waals surface area contributed by atoms with Crippen molar-refractivity contribution in [3.63, 3.8) is 0 Å². The van der Waals surface area contributed by atoms with E-state index in [0.717, 1.165) is 5.69 Å². The number of aromatic nitrogens is 3. The third-order valence-electron chi connectivity index (χ3n) is 2.85. The Morgan fingerprint density at radius 1 is 0.789 bits per heavy atom. The molecule has 3 N–H and O–H groups in total. The Labute approximate surface area is 112 Å². The minimum atomic E-state index is 0.506. The van der Waals surface area contributed by atoms with E-state index in [0.29, 0.717) is 17.8 Å².